The second-order valence-electron chi connectivity index (χ2n) is 22.5. The van der Waals surface area contributed by atoms with Gasteiger partial charge in [-0.15, -0.1) is 22.3 Å². The Hall–Kier alpha value is -9.60. The molecule has 12 nitrogen and oxygen atoms in total. The van der Waals surface area contributed by atoms with E-state index in [0.29, 0.717) is 0 Å². The molecule has 0 spiro atoms. The first-order valence-corrected chi connectivity index (χ1v) is 28.7. The molecule has 0 radical (unpaired) electrons. The summed E-state index contributed by atoms with van der Waals surface area (Å²) >= 11 is 0. The summed E-state index contributed by atoms with van der Waals surface area (Å²) in [5, 5.41) is 18.0. The molecule has 18 rings (SSSR count). The van der Waals surface area contributed by atoms with Gasteiger partial charge in [-0.25, -0.2) is 0 Å². The smallest absolute Gasteiger partial charge is 0.0860 e. The molecule has 0 N–H and O–H groups in total. The fourth-order valence-electron chi connectivity index (χ4n) is 15.0. The van der Waals surface area contributed by atoms with E-state index in [1.54, 1.807) is 12.4 Å². The van der Waals surface area contributed by atoms with E-state index in [4.69, 9.17) is 30.1 Å². The summed E-state index contributed by atoms with van der Waals surface area (Å²) in [5.74, 6) is 0. The van der Waals surface area contributed by atoms with Gasteiger partial charge >= 0.3 is 0 Å². The Morgan fingerprint density at radius 1 is 0.341 bits per heavy atom. The van der Waals surface area contributed by atoms with Crippen molar-refractivity contribution in [2.45, 2.75) is 21.9 Å². The van der Waals surface area contributed by atoms with Gasteiger partial charge in [-0.3, -0.25) is 19.9 Å². The van der Waals surface area contributed by atoms with Crippen molar-refractivity contribution in [2.75, 3.05) is 14.1 Å². The molecule has 6 aromatic carbocycles. The Morgan fingerprint density at radius 2 is 0.670 bits per heavy atom. The van der Waals surface area contributed by atoms with Crippen molar-refractivity contribution in [1.82, 2.24) is 59.9 Å². The second kappa shape index (κ2) is 21.1. The summed E-state index contributed by atoms with van der Waals surface area (Å²) in [6.07, 6.45) is 19.4. The minimum Gasteiger partial charge on any atom is -0.581 e. The number of aromatic nitrogens is 8. The van der Waals surface area contributed by atoms with E-state index in [1.807, 2.05) is 75.3 Å². The number of hydrogen-bond donors (Lipinski definition) is 0. The SMILES string of the molecule is CN1C=CN(C2(c3[c-]c(C4(c5cc[n-]n5)c5ccccc5-c5cccnc54)ccc3)c3ccccc3-c3cccnc32)[CH-]1.CN1C=CN(C2(c3[c-]c(C4(c5cc[n-]n5)c5ccccc5-c5cccnc54)ccc3)c3ccccc3-c3cccnc32)[CH-]1.[Pt].[Pt]. The van der Waals surface area contributed by atoms with Crippen LogP contribution in [0.1, 0.15) is 78.7 Å². The van der Waals surface area contributed by atoms with Crippen LogP contribution in [-0.2, 0) is 64.0 Å². The molecule has 432 valence electrons. The molecule has 0 saturated carbocycles. The molecule has 6 aliphatic rings. The van der Waals surface area contributed by atoms with Crippen LogP contribution in [0.3, 0.4) is 0 Å². The fourth-order valence-corrected chi connectivity index (χ4v) is 15.0. The maximum absolute atomic E-state index is 5.07. The molecule has 88 heavy (non-hydrogen) atoms. The molecule has 0 fully saturated rings. The van der Waals surface area contributed by atoms with Crippen LogP contribution in [0.5, 0.6) is 0 Å². The van der Waals surface area contributed by atoms with Crippen LogP contribution in [0, 0.1) is 25.5 Å². The van der Waals surface area contributed by atoms with Gasteiger partial charge in [0.05, 0.1) is 44.7 Å². The third-order valence-electron chi connectivity index (χ3n) is 18.3. The number of fused-ring (bicyclic) bond motifs is 12. The Morgan fingerprint density at radius 3 is 1.03 bits per heavy atom. The van der Waals surface area contributed by atoms with Gasteiger partial charge in [-0.2, -0.15) is 74.3 Å². The number of hydrogen-bond acceptors (Lipinski definition) is 10. The molecule has 6 aromatic heterocycles. The molecule has 4 unspecified atom stereocenters. The normalized spacial score (nSPS) is 20.6. The summed E-state index contributed by atoms with van der Waals surface area (Å²) in [7, 11) is 4.09. The largest absolute Gasteiger partial charge is 0.581 e. The van der Waals surface area contributed by atoms with Crippen molar-refractivity contribution < 1.29 is 42.1 Å². The predicted octanol–water partition coefficient (Wildman–Crippen LogP) is 12.2. The molecule has 4 atom stereocenters. The maximum Gasteiger partial charge on any atom is 0.0860 e. The van der Waals surface area contributed by atoms with Crippen molar-refractivity contribution >= 4 is 0 Å². The van der Waals surface area contributed by atoms with Crippen LogP contribution in [-0.4, -0.2) is 63.8 Å². The Bertz CT molecular complexity index is 4250. The number of pyridine rings is 4. The minimum absolute atomic E-state index is 0. The third kappa shape index (κ3) is 7.39. The monoisotopic (exact) mass is 1500 g/mol. The van der Waals surface area contributed by atoms with Gasteiger partial charge in [0.2, 0.25) is 0 Å². The van der Waals surface area contributed by atoms with Crippen LogP contribution in [0.4, 0.5) is 0 Å². The zero-order valence-corrected chi connectivity index (χ0v) is 51.9. The van der Waals surface area contributed by atoms with Crippen LogP contribution < -0.4 is 10.2 Å². The van der Waals surface area contributed by atoms with Gasteiger partial charge in [0.1, 0.15) is 0 Å². The third-order valence-corrected chi connectivity index (χ3v) is 18.3. The first kappa shape index (κ1) is 55.0. The Balaban J connectivity index is 0.000000144. The van der Waals surface area contributed by atoms with Crippen LogP contribution >= 0.6 is 0 Å². The van der Waals surface area contributed by atoms with Crippen LogP contribution in [0.2, 0.25) is 0 Å². The van der Waals surface area contributed by atoms with Gasteiger partial charge in [-0.1, -0.05) is 133 Å². The first-order valence-electron chi connectivity index (χ1n) is 28.7. The Kier molecular flexibility index (Phi) is 13.2. The van der Waals surface area contributed by atoms with Crippen molar-refractivity contribution in [3.8, 4) is 44.5 Å². The standard InChI is InChI=1S/2C37H25N6.2Pt/c2*1-42-21-22-43(24-42)37(32-16-5-3-12-28(32)30-14-8-19-39-35(30)37)26-10-6-9-25(23-26)36(33-17-20-40-41-33)31-15-4-2-11-27(31)29-13-7-18-38-34(29)36;;/h2*2-22,24H,1H3;;/q2*-3;;. The first-order chi connectivity index (χ1) is 42.5. The number of rotatable bonds is 8. The maximum atomic E-state index is 5.07. The molecule has 0 bridgehead atoms. The molecular formula is C74H50N12Pt2-6. The summed E-state index contributed by atoms with van der Waals surface area (Å²) < 4.78 is 0. The predicted molar refractivity (Wildman–Crippen MR) is 328 cm³/mol. The van der Waals surface area contributed by atoms with E-state index in [2.05, 4.69) is 238 Å². The van der Waals surface area contributed by atoms with Gasteiger partial charge in [0.25, 0.3) is 0 Å². The molecule has 8 heterocycles. The molecular weight excluding hydrogens is 1450 g/mol. The van der Waals surface area contributed by atoms with Gasteiger partial charge < -0.3 is 40.0 Å². The quantitative estimate of drug-likeness (QED) is 0.135. The minimum atomic E-state index is -0.784. The van der Waals surface area contributed by atoms with Crippen molar-refractivity contribution in [2.24, 2.45) is 0 Å². The molecule has 0 saturated heterocycles. The fraction of sp³-hybridized carbons (Fsp3) is 0.0811. The Labute approximate surface area is 539 Å². The molecule has 14 heteroatoms. The number of benzene rings is 6. The zero-order chi connectivity index (χ0) is 57.2. The van der Waals surface area contributed by atoms with E-state index < -0.39 is 21.9 Å². The van der Waals surface area contributed by atoms with E-state index in [-0.39, 0.29) is 42.1 Å². The molecule has 2 aliphatic heterocycles. The van der Waals surface area contributed by atoms with E-state index >= 15 is 0 Å². The van der Waals surface area contributed by atoms with E-state index in [0.717, 1.165) is 101 Å². The van der Waals surface area contributed by atoms with E-state index in [1.165, 1.54) is 22.3 Å². The molecule has 0 amide bonds. The van der Waals surface area contributed by atoms with Crippen LogP contribution in [0.25, 0.3) is 44.5 Å². The van der Waals surface area contributed by atoms with E-state index in [9.17, 15) is 0 Å². The van der Waals surface area contributed by atoms with Crippen molar-refractivity contribution in [3.05, 3.63) is 360 Å². The topological polar surface area (TPSA) is 119 Å². The average Bonchev–Trinajstić information content (AvgIpc) is 1.54. The average molecular weight is 1500 g/mol. The van der Waals surface area contributed by atoms with Crippen molar-refractivity contribution in [3.63, 3.8) is 0 Å². The molecule has 12 aromatic rings. The molecule has 4 aliphatic carbocycles. The number of nitrogens with zero attached hydrogens (tertiary/aromatic N) is 12. The summed E-state index contributed by atoms with van der Waals surface area (Å²) in [4.78, 5) is 28.9. The zero-order valence-electron chi connectivity index (χ0n) is 47.4. The summed E-state index contributed by atoms with van der Waals surface area (Å²) in [6, 6.07) is 75.9. The van der Waals surface area contributed by atoms with Crippen LogP contribution in [0.15, 0.2) is 256 Å². The van der Waals surface area contributed by atoms with Gasteiger partial charge in [0, 0.05) is 101 Å². The van der Waals surface area contributed by atoms with Crippen molar-refractivity contribution in [1.29, 1.82) is 0 Å². The van der Waals surface area contributed by atoms with Gasteiger partial charge in [-0.05, 0) is 108 Å². The summed E-state index contributed by atoms with van der Waals surface area (Å²) in [5.41, 5.74) is 20.1. The summed E-state index contributed by atoms with van der Waals surface area (Å²) in [6.45, 7) is 4.25. The van der Waals surface area contributed by atoms with Gasteiger partial charge in [0.15, 0.2) is 0 Å². The second-order valence-corrected chi connectivity index (χ2v) is 22.5.